The lowest BCUT2D eigenvalue weighted by atomic mass is 9.96. The fourth-order valence-electron chi connectivity index (χ4n) is 9.54. The Morgan fingerprint density at radius 2 is 0.795 bits per heavy atom. The minimum absolute atomic E-state index is 0.0906. The second-order valence-electron chi connectivity index (χ2n) is 21.2. The quantitative estimate of drug-likeness (QED) is 0.0221. The van der Waals surface area contributed by atoms with Gasteiger partial charge in [0.05, 0.1) is 19.1 Å². The lowest BCUT2D eigenvalue weighted by molar-refractivity contribution is -0.277. The molecule has 0 spiro atoms. The summed E-state index contributed by atoms with van der Waals surface area (Å²) in [5, 5.41) is 16.5. The Morgan fingerprint density at radius 3 is 1.12 bits per heavy atom. The Morgan fingerprint density at radius 1 is 0.432 bits per heavy atom. The molecule has 500 valence electrons. The van der Waals surface area contributed by atoms with Crippen LogP contribution in [0.2, 0.25) is 0 Å². The van der Waals surface area contributed by atoms with E-state index in [2.05, 4.69) is 31.9 Å². The summed E-state index contributed by atoms with van der Waals surface area (Å²) in [6.07, 6.45) is -3.93. The van der Waals surface area contributed by atoms with Gasteiger partial charge in [-0.15, -0.1) is 0 Å². The number of hydrogen-bond donors (Lipinski definition) is 7. The van der Waals surface area contributed by atoms with Crippen LogP contribution in [0.15, 0.2) is 0 Å². The highest BCUT2D eigenvalue weighted by molar-refractivity contribution is 5.86. The second kappa shape index (κ2) is 42.9. The average Bonchev–Trinajstić information content (AvgIpc) is 0.872. The Kier molecular flexibility index (Phi) is 37.6. The van der Waals surface area contributed by atoms with E-state index in [9.17, 15) is 62.3 Å². The van der Waals surface area contributed by atoms with Crippen LogP contribution in [0.3, 0.4) is 0 Å². The van der Waals surface area contributed by atoms with Crippen LogP contribution >= 0.6 is 0 Å². The number of nitrogens with zero attached hydrogens (tertiary/aromatic N) is 1. The van der Waals surface area contributed by atoms with Gasteiger partial charge in [0, 0.05) is 108 Å². The van der Waals surface area contributed by atoms with Gasteiger partial charge < -0.3 is 85.0 Å². The predicted octanol–water partition coefficient (Wildman–Crippen LogP) is -0.914. The molecule has 2 rings (SSSR count). The standard InChI is InChI=1S/C57H94N8O23/c1-34(66)43(20-14-15-23-58)65(30-48(77)61-26-18-24-59-46(75)21-12-10-16-28-79-56-50(63-35(2)67)54(85-41(8)73)52(83-39(6)71)44(87-56)32-81-37(4)69)31-49(78)62-27-19-25-60-47(76)22-13-11-17-29-80-57-51(64-36(3)68)55(86-42(9)74)53(84-40(7)72)45(88-57)33-82-38(5)70/h43-45,50-57H,10-33,58H2,1-9H3,(H,59,75)(H,60,76)(H,61,77)(H,62,78)(H,63,67)(H,64,68). The molecule has 31 heteroatoms. The van der Waals surface area contributed by atoms with Crippen LogP contribution in [0.5, 0.6) is 0 Å². The molecule has 0 aromatic carbocycles. The summed E-state index contributed by atoms with van der Waals surface area (Å²) in [5.41, 5.74) is 5.69. The zero-order valence-corrected chi connectivity index (χ0v) is 52.2. The number of nitrogens with two attached hydrogens (primary N) is 1. The number of ketones is 1. The molecule has 2 heterocycles. The molecule has 0 radical (unpaired) electrons. The molecule has 11 atom stereocenters. The highest BCUT2D eigenvalue weighted by Crippen LogP contribution is 2.30. The number of carbonyl (C=O) groups is 13. The first-order chi connectivity index (χ1) is 41.7. The number of ether oxygens (including phenoxy) is 10. The molecule has 2 aliphatic rings. The number of hydrogen-bond acceptors (Lipinski definition) is 25. The maximum absolute atomic E-state index is 13.2. The molecule has 0 aromatic heterocycles. The molecule has 2 aliphatic heterocycles. The number of esters is 6. The fourth-order valence-corrected chi connectivity index (χ4v) is 9.54. The first-order valence-electron chi connectivity index (χ1n) is 29.8. The molecule has 31 nitrogen and oxygen atoms in total. The summed E-state index contributed by atoms with van der Waals surface area (Å²) in [5.74, 6) is -6.78. The first kappa shape index (κ1) is 77.2. The lowest BCUT2D eigenvalue weighted by Gasteiger charge is -2.44. The Hall–Kier alpha value is -6.93. The van der Waals surface area contributed by atoms with Gasteiger partial charge in [0.15, 0.2) is 37.0 Å². The van der Waals surface area contributed by atoms with Crippen molar-refractivity contribution < 1.29 is 110 Å². The summed E-state index contributed by atoms with van der Waals surface area (Å²) in [6, 6.07) is -2.95. The van der Waals surface area contributed by atoms with E-state index < -0.39 is 127 Å². The van der Waals surface area contributed by atoms with Crippen LogP contribution in [0.25, 0.3) is 0 Å². The van der Waals surface area contributed by atoms with Gasteiger partial charge in [-0.05, 0) is 64.8 Å². The zero-order valence-electron chi connectivity index (χ0n) is 52.2. The maximum atomic E-state index is 13.2. The van der Waals surface area contributed by atoms with Gasteiger partial charge in [0.2, 0.25) is 35.4 Å². The molecule has 0 bridgehead atoms. The van der Waals surface area contributed by atoms with Gasteiger partial charge in [-0.3, -0.25) is 67.2 Å². The van der Waals surface area contributed by atoms with E-state index in [1.807, 2.05) is 0 Å². The van der Waals surface area contributed by atoms with E-state index in [4.69, 9.17) is 53.1 Å². The number of nitrogens with one attached hydrogen (secondary N) is 6. The normalized spacial score (nSPS) is 21.7. The molecule has 2 saturated heterocycles. The summed E-state index contributed by atoms with van der Waals surface area (Å²) in [4.78, 5) is 162. The van der Waals surface area contributed by atoms with Crippen molar-refractivity contribution in [1.29, 1.82) is 0 Å². The SMILES string of the molecule is CC(=O)NC1C(OCCCCCC(=O)NCCCNC(=O)CN(CC(=O)NCCCNC(=O)CCCCCOC2OC(COC(C)=O)C(OC(C)=O)C(OC(C)=O)C2NC(C)=O)C(CCCCN)C(C)=O)OC(COC(C)=O)C(OC(C)=O)C1OC(C)=O. The minimum atomic E-state index is -1.26. The van der Waals surface area contributed by atoms with E-state index in [0.717, 1.165) is 27.7 Å². The van der Waals surface area contributed by atoms with E-state index in [1.54, 1.807) is 0 Å². The number of rotatable bonds is 42. The molecular formula is C57H94N8O23. The highest BCUT2D eigenvalue weighted by atomic mass is 16.7. The fraction of sp³-hybridized carbons (Fsp3) is 0.772. The third kappa shape index (κ3) is 32.3. The van der Waals surface area contributed by atoms with Gasteiger partial charge in [-0.25, -0.2) is 0 Å². The van der Waals surface area contributed by atoms with Crippen LogP contribution in [0.1, 0.15) is 146 Å². The van der Waals surface area contributed by atoms with Crippen LogP contribution in [0, 0.1) is 0 Å². The van der Waals surface area contributed by atoms with Crippen molar-refractivity contribution in [3.05, 3.63) is 0 Å². The van der Waals surface area contributed by atoms with Crippen LogP contribution in [-0.4, -0.2) is 222 Å². The van der Waals surface area contributed by atoms with E-state index in [1.165, 1.54) is 39.5 Å². The van der Waals surface area contributed by atoms with Gasteiger partial charge in [-0.1, -0.05) is 19.3 Å². The van der Waals surface area contributed by atoms with E-state index in [-0.39, 0.29) is 96.1 Å². The number of carbonyl (C=O) groups excluding carboxylic acids is 13. The molecule has 8 N–H and O–H groups in total. The average molecular weight is 1260 g/mol. The molecule has 0 aromatic rings. The summed E-state index contributed by atoms with van der Waals surface area (Å²) < 4.78 is 55.9. The lowest BCUT2D eigenvalue weighted by Crippen LogP contribution is -2.66. The maximum Gasteiger partial charge on any atom is 0.303 e. The topological polar surface area (TPSA) is 416 Å². The molecule has 11 unspecified atom stereocenters. The molecule has 2 fully saturated rings. The third-order valence-corrected chi connectivity index (χ3v) is 13.3. The second-order valence-corrected chi connectivity index (χ2v) is 21.2. The summed E-state index contributed by atoms with van der Waals surface area (Å²) in [7, 11) is 0. The van der Waals surface area contributed by atoms with Gasteiger partial charge in [0.25, 0.3) is 0 Å². The van der Waals surface area contributed by atoms with Gasteiger partial charge in [0.1, 0.15) is 43.3 Å². The van der Waals surface area contributed by atoms with E-state index >= 15 is 0 Å². The van der Waals surface area contributed by atoms with Crippen LogP contribution in [-0.2, 0) is 110 Å². The Labute approximate surface area is 513 Å². The zero-order chi connectivity index (χ0) is 65.7. The predicted molar refractivity (Wildman–Crippen MR) is 307 cm³/mol. The Balaban J connectivity index is 1.80. The molecule has 0 saturated carbocycles. The van der Waals surface area contributed by atoms with Crippen molar-refractivity contribution in [2.75, 3.05) is 72.2 Å². The van der Waals surface area contributed by atoms with Gasteiger partial charge in [-0.2, -0.15) is 0 Å². The summed E-state index contributed by atoms with van der Waals surface area (Å²) in [6.45, 7) is 11.0. The third-order valence-electron chi connectivity index (χ3n) is 13.3. The van der Waals surface area contributed by atoms with Crippen molar-refractivity contribution in [3.63, 3.8) is 0 Å². The largest absolute Gasteiger partial charge is 0.463 e. The monoisotopic (exact) mass is 1260 g/mol. The number of Topliss-reactive ketones (excluding diaryl/α,β-unsaturated/α-hetero) is 1. The van der Waals surface area contributed by atoms with Gasteiger partial charge >= 0.3 is 35.8 Å². The van der Waals surface area contributed by atoms with Crippen LogP contribution < -0.4 is 37.6 Å². The van der Waals surface area contributed by atoms with Crippen LogP contribution in [0.4, 0.5) is 0 Å². The van der Waals surface area contributed by atoms with E-state index in [0.29, 0.717) is 77.2 Å². The molecule has 0 aliphatic carbocycles. The van der Waals surface area contributed by atoms with Crippen molar-refractivity contribution in [2.45, 2.75) is 213 Å². The Bertz CT molecular complexity index is 2150. The molecular weight excluding hydrogens is 1160 g/mol. The van der Waals surface area contributed by atoms with Crippen molar-refractivity contribution in [2.24, 2.45) is 5.73 Å². The van der Waals surface area contributed by atoms with Crippen molar-refractivity contribution in [1.82, 2.24) is 36.8 Å². The summed E-state index contributed by atoms with van der Waals surface area (Å²) >= 11 is 0. The number of unbranched alkanes of at least 4 members (excludes halogenated alkanes) is 5. The molecule has 6 amide bonds. The minimum Gasteiger partial charge on any atom is -0.463 e. The van der Waals surface area contributed by atoms with Crippen molar-refractivity contribution >= 4 is 77.0 Å². The smallest absolute Gasteiger partial charge is 0.303 e. The number of amides is 6. The van der Waals surface area contributed by atoms with Crippen molar-refractivity contribution in [3.8, 4) is 0 Å². The molecule has 88 heavy (non-hydrogen) atoms. The first-order valence-corrected chi connectivity index (χ1v) is 29.8. The highest BCUT2D eigenvalue weighted by Gasteiger charge is 2.53.